The molecule has 0 aromatic carbocycles. The number of ether oxygens (including phenoxy) is 1. The molecule has 2 heterocycles. The fourth-order valence-electron chi connectivity index (χ4n) is 1.64. The predicted molar refractivity (Wildman–Crippen MR) is 73.6 cm³/mol. The maximum Gasteiger partial charge on any atom is 0.433 e. The zero-order valence-electron chi connectivity index (χ0n) is 12.2. The van der Waals surface area contributed by atoms with E-state index < -0.39 is 17.8 Å². The van der Waals surface area contributed by atoms with Gasteiger partial charge in [-0.05, 0) is 29.5 Å². The lowest BCUT2D eigenvalue weighted by Gasteiger charge is -2.11. The van der Waals surface area contributed by atoms with Crippen molar-refractivity contribution in [2.75, 3.05) is 6.61 Å². The van der Waals surface area contributed by atoms with E-state index in [1.54, 1.807) is 14.0 Å². The van der Waals surface area contributed by atoms with Gasteiger partial charge in [-0.2, -0.15) is 13.2 Å². The van der Waals surface area contributed by atoms with E-state index in [-0.39, 0.29) is 23.6 Å². The van der Waals surface area contributed by atoms with E-state index >= 15 is 0 Å². The lowest BCUT2D eigenvalue weighted by atomic mass is 10.2. The van der Waals surface area contributed by atoms with Crippen molar-refractivity contribution in [2.45, 2.75) is 24.0 Å². The number of tetrazole rings is 1. The lowest BCUT2D eigenvalue weighted by Crippen LogP contribution is -2.14. The Morgan fingerprint density at radius 1 is 1.39 bits per heavy atom. The summed E-state index contributed by atoms with van der Waals surface area (Å²) in [5.41, 5.74) is -1.12. The van der Waals surface area contributed by atoms with Crippen LogP contribution in [0.2, 0.25) is 0 Å². The summed E-state index contributed by atoms with van der Waals surface area (Å²) in [6.07, 6.45) is -4.60. The van der Waals surface area contributed by atoms with Crippen LogP contribution >= 0.6 is 11.8 Å². The van der Waals surface area contributed by atoms with Gasteiger partial charge in [0.1, 0.15) is 5.69 Å². The van der Waals surface area contributed by atoms with Crippen molar-refractivity contribution in [1.82, 2.24) is 25.2 Å². The molecule has 2 rings (SSSR count). The highest BCUT2D eigenvalue weighted by Gasteiger charge is 2.33. The first-order valence-electron chi connectivity index (χ1n) is 6.42. The number of alkyl halides is 3. The summed E-state index contributed by atoms with van der Waals surface area (Å²) in [4.78, 5) is 15.4. The summed E-state index contributed by atoms with van der Waals surface area (Å²) >= 11 is 1.07. The van der Waals surface area contributed by atoms with Crippen LogP contribution in [0.3, 0.4) is 0 Å². The van der Waals surface area contributed by atoms with Gasteiger partial charge in [0.05, 0.1) is 17.9 Å². The summed E-state index contributed by atoms with van der Waals surface area (Å²) in [5, 5.41) is 11.1. The minimum absolute atomic E-state index is 0.00766. The highest BCUT2D eigenvalue weighted by molar-refractivity contribution is 7.98. The summed E-state index contributed by atoms with van der Waals surface area (Å²) in [5.74, 6) is -0.729. The Morgan fingerprint density at radius 3 is 2.70 bits per heavy atom. The highest BCUT2D eigenvalue weighted by atomic mass is 32.2. The molecule has 0 aliphatic rings. The van der Waals surface area contributed by atoms with Crippen molar-refractivity contribution < 1.29 is 22.7 Å². The molecule has 0 saturated heterocycles. The highest BCUT2D eigenvalue weighted by Crippen LogP contribution is 2.30. The SMILES string of the molecule is CCOC(=O)c1ccc(C(F)(F)F)nc1CSc1nnnn1C. The van der Waals surface area contributed by atoms with Crippen molar-refractivity contribution in [3.8, 4) is 0 Å². The third kappa shape index (κ3) is 4.18. The van der Waals surface area contributed by atoms with Crippen molar-refractivity contribution >= 4 is 17.7 Å². The van der Waals surface area contributed by atoms with E-state index in [2.05, 4.69) is 20.5 Å². The van der Waals surface area contributed by atoms with Gasteiger partial charge in [0.2, 0.25) is 5.16 Å². The van der Waals surface area contributed by atoms with E-state index in [9.17, 15) is 18.0 Å². The first kappa shape index (κ1) is 17.2. The number of halogens is 3. The molecule has 0 fully saturated rings. The van der Waals surface area contributed by atoms with Crippen molar-refractivity contribution in [2.24, 2.45) is 7.05 Å². The fraction of sp³-hybridized carbons (Fsp3) is 0.417. The normalized spacial score (nSPS) is 11.5. The smallest absolute Gasteiger partial charge is 0.433 e. The summed E-state index contributed by atoms with van der Waals surface area (Å²) < 4.78 is 44.6. The van der Waals surface area contributed by atoms with E-state index in [4.69, 9.17) is 4.74 Å². The van der Waals surface area contributed by atoms with Crippen LogP contribution in [0.4, 0.5) is 13.2 Å². The summed E-state index contributed by atoms with van der Waals surface area (Å²) in [6, 6.07) is 1.82. The minimum Gasteiger partial charge on any atom is -0.462 e. The molecule has 2 aromatic heterocycles. The van der Waals surface area contributed by atoms with Crippen molar-refractivity contribution in [3.63, 3.8) is 0 Å². The number of rotatable bonds is 5. The van der Waals surface area contributed by atoms with Gasteiger partial charge >= 0.3 is 12.1 Å². The van der Waals surface area contributed by atoms with Gasteiger partial charge in [0.15, 0.2) is 0 Å². The first-order chi connectivity index (χ1) is 10.8. The summed E-state index contributed by atoms with van der Waals surface area (Å²) in [6.45, 7) is 1.72. The number of hydrogen-bond acceptors (Lipinski definition) is 7. The van der Waals surface area contributed by atoms with Crippen molar-refractivity contribution in [3.05, 3.63) is 29.1 Å². The third-order valence-electron chi connectivity index (χ3n) is 2.68. The second-order valence-corrected chi connectivity index (χ2v) is 5.23. The molecule has 0 radical (unpaired) electrons. The first-order valence-corrected chi connectivity index (χ1v) is 7.41. The Labute approximate surface area is 133 Å². The molecule has 0 unspecified atom stereocenters. The second-order valence-electron chi connectivity index (χ2n) is 4.28. The number of carbonyl (C=O) groups is 1. The Kier molecular flexibility index (Phi) is 5.19. The molecule has 23 heavy (non-hydrogen) atoms. The Morgan fingerprint density at radius 2 is 2.13 bits per heavy atom. The minimum atomic E-state index is -4.60. The monoisotopic (exact) mass is 347 g/mol. The molecule has 0 bridgehead atoms. The van der Waals surface area contributed by atoms with Crippen LogP contribution in [0.5, 0.6) is 0 Å². The van der Waals surface area contributed by atoms with E-state index in [0.29, 0.717) is 5.16 Å². The molecule has 0 N–H and O–H groups in total. The van der Waals surface area contributed by atoms with E-state index in [0.717, 1.165) is 23.9 Å². The number of aromatic nitrogens is 5. The number of aryl methyl sites for hydroxylation is 1. The number of hydrogen-bond donors (Lipinski definition) is 0. The number of carbonyl (C=O) groups excluding carboxylic acids is 1. The maximum absolute atomic E-state index is 12.8. The molecule has 124 valence electrons. The number of thioether (sulfide) groups is 1. The fourth-order valence-corrected chi connectivity index (χ4v) is 2.44. The van der Waals surface area contributed by atoms with Crippen LogP contribution in [0.25, 0.3) is 0 Å². The topological polar surface area (TPSA) is 82.8 Å². The Hall–Kier alpha value is -2.17. The van der Waals surface area contributed by atoms with Crippen LogP contribution < -0.4 is 0 Å². The number of pyridine rings is 1. The number of nitrogens with zero attached hydrogens (tertiary/aromatic N) is 5. The second kappa shape index (κ2) is 6.94. The third-order valence-corrected chi connectivity index (χ3v) is 3.70. The predicted octanol–water partition coefficient (Wildman–Crippen LogP) is 2.09. The zero-order chi connectivity index (χ0) is 17.0. The standard InChI is InChI=1S/C12H12F3N5O2S/c1-3-22-10(21)7-4-5-9(12(13,14)15)16-8(7)6-23-11-17-18-19-20(11)2/h4-5H,3,6H2,1-2H3. The quantitative estimate of drug-likeness (QED) is 0.605. The Bertz CT molecular complexity index is 704. The van der Waals surface area contributed by atoms with Gasteiger partial charge in [0, 0.05) is 12.8 Å². The van der Waals surface area contributed by atoms with Gasteiger partial charge in [-0.3, -0.25) is 0 Å². The molecule has 0 spiro atoms. The van der Waals surface area contributed by atoms with Crippen LogP contribution in [0, 0.1) is 0 Å². The average molecular weight is 347 g/mol. The molecular formula is C12H12F3N5O2S. The molecule has 7 nitrogen and oxygen atoms in total. The summed E-state index contributed by atoms with van der Waals surface area (Å²) in [7, 11) is 1.59. The molecule has 0 atom stereocenters. The van der Waals surface area contributed by atoms with Gasteiger partial charge in [-0.15, -0.1) is 5.10 Å². The molecular weight excluding hydrogens is 335 g/mol. The average Bonchev–Trinajstić information content (AvgIpc) is 2.89. The molecule has 0 aliphatic carbocycles. The van der Waals surface area contributed by atoms with E-state index in [1.165, 1.54) is 4.68 Å². The van der Waals surface area contributed by atoms with Gasteiger partial charge in [0.25, 0.3) is 0 Å². The molecule has 0 saturated carbocycles. The van der Waals surface area contributed by atoms with Gasteiger partial charge in [-0.25, -0.2) is 14.5 Å². The van der Waals surface area contributed by atoms with Crippen molar-refractivity contribution in [1.29, 1.82) is 0 Å². The zero-order valence-corrected chi connectivity index (χ0v) is 13.0. The maximum atomic E-state index is 12.8. The Balaban J connectivity index is 2.32. The van der Waals surface area contributed by atoms with Gasteiger partial charge < -0.3 is 4.74 Å². The van der Waals surface area contributed by atoms with Crippen LogP contribution in [-0.2, 0) is 23.7 Å². The molecule has 0 aliphatic heterocycles. The van der Waals surface area contributed by atoms with Crippen LogP contribution in [0.15, 0.2) is 17.3 Å². The lowest BCUT2D eigenvalue weighted by molar-refractivity contribution is -0.141. The molecule has 0 amide bonds. The largest absolute Gasteiger partial charge is 0.462 e. The molecule has 11 heteroatoms. The number of esters is 1. The molecule has 2 aromatic rings. The van der Waals surface area contributed by atoms with E-state index in [1.807, 2.05) is 0 Å². The van der Waals surface area contributed by atoms with Gasteiger partial charge in [-0.1, -0.05) is 11.8 Å². The van der Waals surface area contributed by atoms with Crippen LogP contribution in [0.1, 0.15) is 28.7 Å². The van der Waals surface area contributed by atoms with Crippen LogP contribution in [-0.4, -0.2) is 37.8 Å².